The Morgan fingerprint density at radius 2 is 2.18 bits per heavy atom. The molecule has 2 fully saturated rings. The highest BCUT2D eigenvalue weighted by atomic mass is 16.5. The van der Waals surface area contributed by atoms with Crippen LogP contribution in [-0.2, 0) is 0 Å². The van der Waals surface area contributed by atoms with Crippen LogP contribution in [0.5, 0.6) is 0 Å². The molecule has 0 spiro atoms. The van der Waals surface area contributed by atoms with Gasteiger partial charge in [-0.25, -0.2) is 0 Å². The van der Waals surface area contributed by atoms with Gasteiger partial charge in [-0.1, -0.05) is 0 Å². The fourth-order valence-corrected chi connectivity index (χ4v) is 1.97. The van der Waals surface area contributed by atoms with Crippen molar-refractivity contribution in [3.8, 4) is 0 Å². The molecule has 2 rings (SSSR count). The summed E-state index contributed by atoms with van der Waals surface area (Å²) in [5.41, 5.74) is 0. The standard InChI is InChI=1S/C8H14NO2/c10-8(11)5-4-6-2-1-3-7(8)9-6/h6,9-11H,1-5H2. The van der Waals surface area contributed by atoms with Crippen LogP contribution < -0.4 is 5.32 Å². The van der Waals surface area contributed by atoms with Gasteiger partial charge in [0, 0.05) is 12.5 Å². The van der Waals surface area contributed by atoms with E-state index in [0.717, 1.165) is 25.3 Å². The summed E-state index contributed by atoms with van der Waals surface area (Å²) < 4.78 is 0. The van der Waals surface area contributed by atoms with Crippen LogP contribution in [0.1, 0.15) is 32.1 Å². The summed E-state index contributed by atoms with van der Waals surface area (Å²) in [6.07, 6.45) is 4.48. The van der Waals surface area contributed by atoms with Crippen molar-refractivity contribution in [1.29, 1.82) is 0 Å². The van der Waals surface area contributed by atoms with Gasteiger partial charge in [0.1, 0.15) is 0 Å². The first-order valence-electron chi connectivity index (χ1n) is 4.26. The van der Waals surface area contributed by atoms with Gasteiger partial charge in [-0.15, -0.1) is 0 Å². The van der Waals surface area contributed by atoms with Crippen LogP contribution in [0.2, 0.25) is 0 Å². The van der Waals surface area contributed by atoms with Gasteiger partial charge in [0.25, 0.3) is 0 Å². The Morgan fingerprint density at radius 3 is 2.91 bits per heavy atom. The molecule has 1 radical (unpaired) electrons. The van der Waals surface area contributed by atoms with Gasteiger partial charge in [-0.2, -0.15) is 0 Å². The van der Waals surface area contributed by atoms with E-state index in [1.165, 1.54) is 6.42 Å². The lowest BCUT2D eigenvalue weighted by atomic mass is 9.83. The van der Waals surface area contributed by atoms with E-state index in [1.807, 2.05) is 0 Å². The molecule has 0 saturated carbocycles. The van der Waals surface area contributed by atoms with E-state index < -0.39 is 5.79 Å². The molecule has 2 heterocycles. The minimum absolute atomic E-state index is 0.500. The van der Waals surface area contributed by atoms with Crippen molar-refractivity contribution in [2.24, 2.45) is 0 Å². The molecule has 0 aromatic heterocycles. The highest BCUT2D eigenvalue weighted by molar-refractivity contribution is 5.08. The maximum absolute atomic E-state index is 9.44. The lowest BCUT2D eigenvalue weighted by Gasteiger charge is -2.43. The normalized spacial score (nSPS) is 37.1. The molecular weight excluding hydrogens is 142 g/mol. The first kappa shape index (κ1) is 7.53. The van der Waals surface area contributed by atoms with Gasteiger partial charge in [0.2, 0.25) is 0 Å². The van der Waals surface area contributed by atoms with Crippen LogP contribution in [0.4, 0.5) is 0 Å². The molecule has 0 aromatic rings. The highest BCUT2D eigenvalue weighted by Gasteiger charge is 2.42. The van der Waals surface area contributed by atoms with E-state index in [2.05, 4.69) is 5.32 Å². The Labute approximate surface area is 66.4 Å². The molecule has 0 aromatic carbocycles. The Kier molecular flexibility index (Phi) is 1.67. The number of nitrogens with one attached hydrogen (secondary N) is 1. The number of hydrogen-bond donors (Lipinski definition) is 3. The lowest BCUT2D eigenvalue weighted by Crippen LogP contribution is -2.54. The Morgan fingerprint density at radius 1 is 1.36 bits per heavy atom. The third kappa shape index (κ3) is 1.28. The second-order valence-corrected chi connectivity index (χ2v) is 3.57. The number of rotatable bonds is 0. The Balaban J connectivity index is 2.09. The van der Waals surface area contributed by atoms with E-state index in [1.54, 1.807) is 0 Å². The van der Waals surface area contributed by atoms with Crippen molar-refractivity contribution in [1.82, 2.24) is 5.32 Å². The molecule has 11 heavy (non-hydrogen) atoms. The molecule has 63 valence electrons. The van der Waals surface area contributed by atoms with Crippen LogP contribution >= 0.6 is 0 Å². The van der Waals surface area contributed by atoms with Gasteiger partial charge in [-0.05, 0) is 25.7 Å². The van der Waals surface area contributed by atoms with Gasteiger partial charge < -0.3 is 15.5 Å². The zero-order chi connectivity index (χ0) is 7.90. The minimum Gasteiger partial charge on any atom is -0.364 e. The summed E-state index contributed by atoms with van der Waals surface area (Å²) in [6, 6.07) is 1.24. The van der Waals surface area contributed by atoms with E-state index >= 15 is 0 Å². The summed E-state index contributed by atoms with van der Waals surface area (Å²) in [5.74, 6) is -1.52. The van der Waals surface area contributed by atoms with Crippen molar-refractivity contribution in [3.63, 3.8) is 0 Å². The lowest BCUT2D eigenvalue weighted by molar-refractivity contribution is -0.176. The molecule has 2 saturated heterocycles. The minimum atomic E-state index is -1.52. The van der Waals surface area contributed by atoms with Crippen molar-refractivity contribution in [2.45, 2.75) is 43.9 Å². The van der Waals surface area contributed by atoms with Crippen molar-refractivity contribution in [2.75, 3.05) is 0 Å². The molecular formula is C8H14NO2. The SMILES string of the molecule is OC1(O)CCC2CCC[C]1N2. The zero-order valence-electron chi connectivity index (χ0n) is 6.51. The largest absolute Gasteiger partial charge is 0.364 e. The fraction of sp³-hybridized carbons (Fsp3) is 0.875. The zero-order valence-corrected chi connectivity index (χ0v) is 6.51. The van der Waals surface area contributed by atoms with E-state index in [-0.39, 0.29) is 0 Å². The van der Waals surface area contributed by atoms with Crippen LogP contribution in [0.25, 0.3) is 0 Å². The molecule has 3 heteroatoms. The van der Waals surface area contributed by atoms with E-state index in [4.69, 9.17) is 0 Å². The van der Waals surface area contributed by atoms with Gasteiger partial charge in [0.15, 0.2) is 5.79 Å². The number of fused-ring (bicyclic) bond motifs is 2. The quantitative estimate of drug-likeness (QED) is 0.437. The summed E-state index contributed by atoms with van der Waals surface area (Å²) in [4.78, 5) is 0. The second-order valence-electron chi connectivity index (χ2n) is 3.57. The molecule has 2 aliphatic heterocycles. The number of aliphatic hydroxyl groups is 2. The molecule has 2 bridgehead atoms. The third-order valence-electron chi connectivity index (χ3n) is 2.68. The van der Waals surface area contributed by atoms with Crippen LogP contribution in [-0.4, -0.2) is 22.0 Å². The Hall–Kier alpha value is -0.120. The summed E-state index contributed by atoms with van der Waals surface area (Å²) in [7, 11) is 0. The average molecular weight is 156 g/mol. The monoisotopic (exact) mass is 156 g/mol. The van der Waals surface area contributed by atoms with Crippen LogP contribution in [0.3, 0.4) is 0 Å². The number of piperidine rings is 2. The molecule has 0 amide bonds. The molecule has 1 atom stereocenters. The maximum Gasteiger partial charge on any atom is 0.183 e. The Bertz CT molecular complexity index is 158. The number of hydrogen-bond acceptors (Lipinski definition) is 3. The topological polar surface area (TPSA) is 52.5 Å². The van der Waals surface area contributed by atoms with E-state index in [0.29, 0.717) is 12.5 Å². The second kappa shape index (κ2) is 2.44. The van der Waals surface area contributed by atoms with Gasteiger partial charge in [-0.3, -0.25) is 0 Å². The van der Waals surface area contributed by atoms with Crippen molar-refractivity contribution >= 4 is 0 Å². The summed E-state index contributed by atoms with van der Waals surface area (Å²) in [6.45, 7) is 0. The van der Waals surface area contributed by atoms with Crippen molar-refractivity contribution in [3.05, 3.63) is 6.04 Å². The fourth-order valence-electron chi connectivity index (χ4n) is 1.97. The van der Waals surface area contributed by atoms with Crippen LogP contribution in [0.15, 0.2) is 0 Å². The van der Waals surface area contributed by atoms with Crippen molar-refractivity contribution < 1.29 is 10.2 Å². The molecule has 0 aliphatic carbocycles. The predicted octanol–water partition coefficient (Wildman–Crippen LogP) is 0.135. The molecule has 3 nitrogen and oxygen atoms in total. The predicted molar refractivity (Wildman–Crippen MR) is 40.4 cm³/mol. The molecule has 1 unspecified atom stereocenters. The summed E-state index contributed by atoms with van der Waals surface area (Å²) >= 11 is 0. The average Bonchev–Trinajstić information content (AvgIpc) is 2.00. The third-order valence-corrected chi connectivity index (χ3v) is 2.68. The van der Waals surface area contributed by atoms with Crippen LogP contribution in [0, 0.1) is 6.04 Å². The van der Waals surface area contributed by atoms with Gasteiger partial charge >= 0.3 is 0 Å². The molecule has 2 aliphatic rings. The van der Waals surface area contributed by atoms with Gasteiger partial charge in [0.05, 0.1) is 6.04 Å². The first-order chi connectivity index (χ1) is 5.18. The molecule has 3 N–H and O–H groups in total. The maximum atomic E-state index is 9.44. The first-order valence-corrected chi connectivity index (χ1v) is 4.26. The highest BCUT2D eigenvalue weighted by Crippen LogP contribution is 2.35. The van der Waals surface area contributed by atoms with E-state index in [9.17, 15) is 10.2 Å². The summed E-state index contributed by atoms with van der Waals surface area (Å²) in [5, 5.41) is 22.0. The smallest absolute Gasteiger partial charge is 0.183 e.